The highest BCUT2D eigenvalue weighted by Crippen LogP contribution is 2.24. The second kappa shape index (κ2) is 6.74. The zero-order chi connectivity index (χ0) is 14.5. The normalized spacial score (nSPS) is 23.9. The Hall–Kier alpha value is -1.31. The third-order valence-corrected chi connectivity index (χ3v) is 2.98. The standard InChI is InChI=1S/C11H17F3N2O3/c12-11(13,14)6-19-5-9(17)16-8-4-2-1-3-7(8)10(15)18/h7-8H,1-6H2,(H2,15,18)(H,16,17)/t7-,8-/m1/s1. The Morgan fingerprint density at radius 3 is 2.47 bits per heavy atom. The molecule has 0 saturated heterocycles. The molecule has 1 aliphatic carbocycles. The van der Waals surface area contributed by atoms with Crippen LogP contribution in [0.4, 0.5) is 13.2 Å². The van der Waals surface area contributed by atoms with Gasteiger partial charge in [-0.2, -0.15) is 13.2 Å². The Morgan fingerprint density at radius 1 is 1.26 bits per heavy atom. The number of hydrogen-bond acceptors (Lipinski definition) is 3. The minimum Gasteiger partial charge on any atom is -0.369 e. The van der Waals surface area contributed by atoms with Gasteiger partial charge in [-0.1, -0.05) is 12.8 Å². The van der Waals surface area contributed by atoms with Gasteiger partial charge in [-0.3, -0.25) is 9.59 Å². The number of nitrogens with one attached hydrogen (secondary N) is 1. The molecule has 5 nitrogen and oxygen atoms in total. The first-order chi connectivity index (χ1) is 8.79. The van der Waals surface area contributed by atoms with E-state index in [1.54, 1.807) is 0 Å². The summed E-state index contributed by atoms with van der Waals surface area (Å²) in [6, 6.07) is -0.409. The zero-order valence-electron chi connectivity index (χ0n) is 10.3. The zero-order valence-corrected chi connectivity index (χ0v) is 10.3. The van der Waals surface area contributed by atoms with Gasteiger partial charge in [0.05, 0.1) is 5.92 Å². The van der Waals surface area contributed by atoms with E-state index < -0.39 is 43.2 Å². The van der Waals surface area contributed by atoms with E-state index >= 15 is 0 Å². The molecule has 2 atom stereocenters. The van der Waals surface area contributed by atoms with Gasteiger partial charge in [-0.25, -0.2) is 0 Å². The van der Waals surface area contributed by atoms with Crippen LogP contribution in [0, 0.1) is 5.92 Å². The maximum absolute atomic E-state index is 11.8. The van der Waals surface area contributed by atoms with Crippen molar-refractivity contribution in [2.75, 3.05) is 13.2 Å². The summed E-state index contributed by atoms with van der Waals surface area (Å²) in [7, 11) is 0. The van der Waals surface area contributed by atoms with E-state index in [0.717, 1.165) is 12.8 Å². The van der Waals surface area contributed by atoms with E-state index in [4.69, 9.17) is 5.73 Å². The van der Waals surface area contributed by atoms with E-state index in [1.165, 1.54) is 0 Å². The first-order valence-electron chi connectivity index (χ1n) is 6.03. The molecule has 19 heavy (non-hydrogen) atoms. The number of primary amides is 1. The summed E-state index contributed by atoms with van der Waals surface area (Å²) in [5.74, 6) is -1.62. The summed E-state index contributed by atoms with van der Waals surface area (Å²) < 4.78 is 39.7. The average molecular weight is 282 g/mol. The third kappa shape index (κ3) is 5.91. The van der Waals surface area contributed by atoms with Crippen LogP contribution < -0.4 is 11.1 Å². The number of nitrogens with two attached hydrogens (primary N) is 1. The van der Waals surface area contributed by atoms with Crippen molar-refractivity contribution < 1.29 is 27.5 Å². The predicted octanol–water partition coefficient (Wildman–Crippen LogP) is 0.726. The number of amides is 2. The Balaban J connectivity index is 2.36. The molecule has 0 aliphatic heterocycles. The minimum absolute atomic E-state index is 0.409. The number of halogens is 3. The van der Waals surface area contributed by atoms with Crippen molar-refractivity contribution >= 4 is 11.8 Å². The number of carbonyl (C=O) groups excluding carboxylic acids is 2. The highest BCUT2D eigenvalue weighted by atomic mass is 19.4. The molecule has 3 N–H and O–H groups in total. The second-order valence-electron chi connectivity index (χ2n) is 4.58. The molecule has 110 valence electrons. The molecule has 2 amide bonds. The quantitative estimate of drug-likeness (QED) is 0.779. The highest BCUT2D eigenvalue weighted by Gasteiger charge is 2.31. The number of hydrogen-bond donors (Lipinski definition) is 2. The van der Waals surface area contributed by atoms with Crippen LogP contribution in [0.2, 0.25) is 0 Å². The van der Waals surface area contributed by atoms with Crippen LogP contribution in [0.1, 0.15) is 25.7 Å². The van der Waals surface area contributed by atoms with Gasteiger partial charge in [0.1, 0.15) is 13.2 Å². The molecule has 0 bridgehead atoms. The fraction of sp³-hybridized carbons (Fsp3) is 0.818. The lowest BCUT2D eigenvalue weighted by Crippen LogP contribution is -2.48. The molecule has 0 aromatic carbocycles. The monoisotopic (exact) mass is 282 g/mol. The van der Waals surface area contributed by atoms with E-state index in [9.17, 15) is 22.8 Å². The molecule has 1 saturated carbocycles. The van der Waals surface area contributed by atoms with Gasteiger partial charge in [0.15, 0.2) is 0 Å². The molecule has 0 spiro atoms. The van der Waals surface area contributed by atoms with Crippen LogP contribution in [0.15, 0.2) is 0 Å². The van der Waals surface area contributed by atoms with Crippen LogP contribution in [0.25, 0.3) is 0 Å². The smallest absolute Gasteiger partial charge is 0.369 e. The molecule has 1 rings (SSSR count). The van der Waals surface area contributed by atoms with Gasteiger partial charge in [-0.05, 0) is 12.8 Å². The van der Waals surface area contributed by atoms with Crippen molar-refractivity contribution in [1.29, 1.82) is 0 Å². The van der Waals surface area contributed by atoms with Crippen molar-refractivity contribution in [2.45, 2.75) is 37.9 Å². The molecule has 0 unspecified atom stereocenters. The first kappa shape index (κ1) is 15.7. The summed E-state index contributed by atoms with van der Waals surface area (Å²) in [5.41, 5.74) is 5.22. The number of ether oxygens (including phenoxy) is 1. The van der Waals surface area contributed by atoms with Crippen molar-refractivity contribution in [3.63, 3.8) is 0 Å². The van der Waals surface area contributed by atoms with Gasteiger partial charge < -0.3 is 15.8 Å². The topological polar surface area (TPSA) is 81.4 Å². The average Bonchev–Trinajstić information content (AvgIpc) is 2.27. The van der Waals surface area contributed by atoms with Gasteiger partial charge >= 0.3 is 6.18 Å². The summed E-state index contributed by atoms with van der Waals surface area (Å²) in [5, 5.41) is 2.50. The summed E-state index contributed by atoms with van der Waals surface area (Å²) >= 11 is 0. The lowest BCUT2D eigenvalue weighted by atomic mass is 9.84. The fourth-order valence-electron chi connectivity index (χ4n) is 2.15. The van der Waals surface area contributed by atoms with Gasteiger partial charge in [0.25, 0.3) is 0 Å². The lowest BCUT2D eigenvalue weighted by molar-refractivity contribution is -0.175. The first-order valence-corrected chi connectivity index (χ1v) is 6.03. The van der Waals surface area contributed by atoms with Crippen LogP contribution in [-0.2, 0) is 14.3 Å². The van der Waals surface area contributed by atoms with E-state index in [2.05, 4.69) is 10.1 Å². The molecule has 8 heteroatoms. The van der Waals surface area contributed by atoms with Crippen LogP contribution >= 0.6 is 0 Å². The number of rotatable bonds is 5. The van der Waals surface area contributed by atoms with Crippen LogP contribution in [0.5, 0.6) is 0 Å². The van der Waals surface area contributed by atoms with E-state index in [-0.39, 0.29) is 0 Å². The maximum atomic E-state index is 11.8. The molecule has 0 aromatic heterocycles. The summed E-state index contributed by atoms with van der Waals surface area (Å²) in [4.78, 5) is 22.6. The van der Waals surface area contributed by atoms with E-state index in [1.807, 2.05) is 0 Å². The number of alkyl halides is 3. The van der Waals surface area contributed by atoms with Crippen molar-refractivity contribution in [3.8, 4) is 0 Å². The van der Waals surface area contributed by atoms with Crippen molar-refractivity contribution in [1.82, 2.24) is 5.32 Å². The Morgan fingerprint density at radius 2 is 1.89 bits per heavy atom. The minimum atomic E-state index is -4.46. The second-order valence-corrected chi connectivity index (χ2v) is 4.58. The molecular weight excluding hydrogens is 265 g/mol. The van der Waals surface area contributed by atoms with Gasteiger partial charge in [0.2, 0.25) is 11.8 Å². The van der Waals surface area contributed by atoms with Crippen LogP contribution in [-0.4, -0.2) is 37.2 Å². The Bertz CT molecular complexity index is 334. The van der Waals surface area contributed by atoms with E-state index in [0.29, 0.717) is 12.8 Å². The van der Waals surface area contributed by atoms with Gasteiger partial charge in [0, 0.05) is 6.04 Å². The fourth-order valence-corrected chi connectivity index (χ4v) is 2.15. The maximum Gasteiger partial charge on any atom is 0.411 e. The molecule has 1 aliphatic rings. The molecule has 0 aromatic rings. The molecular formula is C11H17F3N2O3. The Kier molecular flexibility index (Phi) is 5.59. The molecule has 0 heterocycles. The highest BCUT2D eigenvalue weighted by molar-refractivity contribution is 5.81. The summed E-state index contributed by atoms with van der Waals surface area (Å²) in [6.45, 7) is -2.15. The molecule has 1 fully saturated rings. The third-order valence-electron chi connectivity index (χ3n) is 2.98. The largest absolute Gasteiger partial charge is 0.411 e. The molecule has 0 radical (unpaired) electrons. The van der Waals surface area contributed by atoms with Gasteiger partial charge in [-0.15, -0.1) is 0 Å². The number of carbonyl (C=O) groups is 2. The van der Waals surface area contributed by atoms with Crippen molar-refractivity contribution in [2.24, 2.45) is 11.7 Å². The predicted molar refractivity (Wildman–Crippen MR) is 60.0 cm³/mol. The summed E-state index contributed by atoms with van der Waals surface area (Å²) in [6.07, 6.45) is -1.58. The van der Waals surface area contributed by atoms with Crippen LogP contribution in [0.3, 0.4) is 0 Å². The lowest BCUT2D eigenvalue weighted by Gasteiger charge is -2.29. The van der Waals surface area contributed by atoms with Crippen molar-refractivity contribution in [3.05, 3.63) is 0 Å². The SMILES string of the molecule is NC(=O)[C@@H]1CCCC[C@H]1NC(=O)COCC(F)(F)F. The Labute approximate surface area is 108 Å².